The Morgan fingerprint density at radius 3 is 2.48 bits per heavy atom. The zero-order valence-corrected chi connectivity index (χ0v) is 17.2. The smallest absolute Gasteiger partial charge is 0.229 e. The van der Waals surface area contributed by atoms with E-state index < -0.39 is 0 Å². The molecule has 4 nitrogen and oxygen atoms in total. The first-order valence-corrected chi connectivity index (χ1v) is 10.3. The number of anilines is 1. The first-order chi connectivity index (χ1) is 14.0. The van der Waals surface area contributed by atoms with Crippen molar-refractivity contribution in [2.24, 2.45) is 5.92 Å². The summed E-state index contributed by atoms with van der Waals surface area (Å²) >= 11 is 0. The molecule has 1 aliphatic rings. The molecule has 1 aliphatic heterocycles. The normalized spacial score (nSPS) is 12.2. The molecule has 0 spiro atoms. The molecular formula is C25H28N2O2. The maximum atomic E-state index is 13.0. The second-order valence-electron chi connectivity index (χ2n) is 7.79. The van der Waals surface area contributed by atoms with Gasteiger partial charge in [-0.15, -0.1) is 0 Å². The van der Waals surface area contributed by atoms with Crippen molar-refractivity contribution in [1.29, 1.82) is 0 Å². The van der Waals surface area contributed by atoms with Gasteiger partial charge in [-0.2, -0.15) is 0 Å². The number of carbonyl (C=O) groups excluding carboxylic acids is 2. The van der Waals surface area contributed by atoms with Crippen molar-refractivity contribution in [2.45, 2.75) is 46.1 Å². The van der Waals surface area contributed by atoms with Gasteiger partial charge in [-0.25, -0.2) is 0 Å². The molecule has 29 heavy (non-hydrogen) atoms. The van der Waals surface area contributed by atoms with Crippen molar-refractivity contribution in [1.82, 2.24) is 5.32 Å². The van der Waals surface area contributed by atoms with E-state index in [2.05, 4.69) is 31.0 Å². The summed E-state index contributed by atoms with van der Waals surface area (Å²) < 4.78 is 0. The molecule has 150 valence electrons. The molecule has 0 unspecified atom stereocenters. The number of nitrogens with zero attached hydrogens (tertiary/aromatic N) is 1. The third kappa shape index (κ3) is 5.71. The van der Waals surface area contributed by atoms with Crippen molar-refractivity contribution in [2.75, 3.05) is 11.4 Å². The van der Waals surface area contributed by atoms with Crippen LogP contribution in [0.4, 0.5) is 5.69 Å². The Hall–Kier alpha value is -3.06. The summed E-state index contributed by atoms with van der Waals surface area (Å²) in [6.45, 7) is 5.13. The molecule has 0 bridgehead atoms. The van der Waals surface area contributed by atoms with Gasteiger partial charge in [0.2, 0.25) is 11.8 Å². The summed E-state index contributed by atoms with van der Waals surface area (Å²) in [5.74, 6) is 7.02. The van der Waals surface area contributed by atoms with E-state index >= 15 is 0 Å². The molecule has 1 N–H and O–H groups in total. The lowest BCUT2D eigenvalue weighted by Crippen LogP contribution is -2.35. The van der Waals surface area contributed by atoms with Crippen LogP contribution < -0.4 is 10.2 Å². The van der Waals surface area contributed by atoms with Gasteiger partial charge in [-0.05, 0) is 36.1 Å². The van der Waals surface area contributed by atoms with E-state index in [0.717, 1.165) is 35.2 Å². The van der Waals surface area contributed by atoms with Gasteiger partial charge < -0.3 is 10.2 Å². The second kappa shape index (κ2) is 9.93. The summed E-state index contributed by atoms with van der Waals surface area (Å²) in [7, 11) is 0. The Kier molecular flexibility index (Phi) is 7.08. The summed E-state index contributed by atoms with van der Waals surface area (Å²) in [6.07, 6.45) is 2.70. The quantitative estimate of drug-likeness (QED) is 0.721. The Morgan fingerprint density at radius 1 is 1.00 bits per heavy atom. The van der Waals surface area contributed by atoms with Crippen LogP contribution in [-0.4, -0.2) is 18.4 Å². The van der Waals surface area contributed by atoms with E-state index in [9.17, 15) is 9.59 Å². The molecule has 2 aromatic carbocycles. The lowest BCUT2D eigenvalue weighted by Gasteiger charge is -2.26. The lowest BCUT2D eigenvalue weighted by atomic mass is 10.0. The Morgan fingerprint density at radius 2 is 1.69 bits per heavy atom. The molecule has 0 aromatic heterocycles. The van der Waals surface area contributed by atoms with Gasteiger partial charge >= 0.3 is 0 Å². The first kappa shape index (κ1) is 20.7. The molecule has 0 atom stereocenters. The van der Waals surface area contributed by atoms with Crippen molar-refractivity contribution in [3.05, 3.63) is 65.2 Å². The monoisotopic (exact) mass is 388 g/mol. The standard InChI is InChI=1S/C25H28N2O2/c1-19(2)8-7-13-24(28)26-17-16-25(29)27-18-22-11-4-3-9-20(22)14-15-21-10-5-6-12-23(21)27/h3-6,9-12,19H,7-8,13,16-18H2,1-2H3,(H,26,28). The molecule has 3 rings (SSSR count). The summed E-state index contributed by atoms with van der Waals surface area (Å²) in [6, 6.07) is 15.6. The number of carbonyl (C=O) groups is 2. The van der Waals surface area contributed by atoms with Crippen molar-refractivity contribution < 1.29 is 9.59 Å². The molecule has 0 saturated carbocycles. The number of para-hydroxylation sites is 1. The third-order valence-electron chi connectivity index (χ3n) is 5.02. The van der Waals surface area contributed by atoms with Crippen LogP contribution in [0.5, 0.6) is 0 Å². The average molecular weight is 389 g/mol. The second-order valence-corrected chi connectivity index (χ2v) is 7.79. The van der Waals surface area contributed by atoms with Crippen LogP contribution in [0.3, 0.4) is 0 Å². The Bertz CT molecular complexity index is 937. The predicted molar refractivity (Wildman–Crippen MR) is 116 cm³/mol. The molecule has 4 heteroatoms. The molecule has 2 aromatic rings. The maximum Gasteiger partial charge on any atom is 0.229 e. The van der Waals surface area contributed by atoms with E-state index in [1.165, 1.54) is 0 Å². The van der Waals surface area contributed by atoms with Crippen LogP contribution in [0.2, 0.25) is 0 Å². The van der Waals surface area contributed by atoms with Crippen molar-refractivity contribution >= 4 is 17.5 Å². The Balaban J connectivity index is 1.67. The summed E-state index contributed by atoms with van der Waals surface area (Å²) in [4.78, 5) is 26.8. The molecule has 1 heterocycles. The van der Waals surface area contributed by atoms with Crippen LogP contribution in [0.1, 0.15) is 56.2 Å². The third-order valence-corrected chi connectivity index (χ3v) is 5.02. The molecule has 0 aliphatic carbocycles. The highest BCUT2D eigenvalue weighted by atomic mass is 16.2. The molecular weight excluding hydrogens is 360 g/mol. The van der Waals surface area contributed by atoms with E-state index in [1.54, 1.807) is 4.90 Å². The fourth-order valence-electron chi connectivity index (χ4n) is 3.41. The molecule has 0 radical (unpaired) electrons. The number of hydrogen-bond donors (Lipinski definition) is 1. The topological polar surface area (TPSA) is 49.4 Å². The van der Waals surface area contributed by atoms with E-state index in [0.29, 0.717) is 25.4 Å². The van der Waals surface area contributed by atoms with E-state index in [4.69, 9.17) is 0 Å². The summed E-state index contributed by atoms with van der Waals surface area (Å²) in [5.41, 5.74) is 3.63. The fourth-order valence-corrected chi connectivity index (χ4v) is 3.41. The number of hydrogen-bond acceptors (Lipinski definition) is 2. The highest BCUT2D eigenvalue weighted by molar-refractivity contribution is 5.95. The highest BCUT2D eigenvalue weighted by Crippen LogP contribution is 2.25. The number of rotatable bonds is 7. The predicted octanol–water partition coefficient (Wildman–Crippen LogP) is 4.27. The van der Waals surface area contributed by atoms with Gasteiger partial charge in [-0.1, -0.05) is 62.4 Å². The largest absolute Gasteiger partial charge is 0.356 e. The van der Waals surface area contributed by atoms with Gasteiger partial charge in [-0.3, -0.25) is 9.59 Å². The van der Waals surface area contributed by atoms with Crippen molar-refractivity contribution in [3.63, 3.8) is 0 Å². The minimum Gasteiger partial charge on any atom is -0.356 e. The molecule has 0 saturated heterocycles. The van der Waals surface area contributed by atoms with E-state index in [1.807, 2.05) is 48.5 Å². The van der Waals surface area contributed by atoms with Crippen molar-refractivity contribution in [3.8, 4) is 11.8 Å². The van der Waals surface area contributed by atoms with Crippen LogP contribution in [0.25, 0.3) is 0 Å². The SMILES string of the molecule is CC(C)CCCC(=O)NCCC(=O)N1Cc2ccccc2C#Cc2ccccc21. The number of amides is 2. The Labute approximate surface area is 173 Å². The van der Waals surface area contributed by atoms with Crippen LogP contribution in [0.15, 0.2) is 48.5 Å². The number of benzene rings is 2. The zero-order chi connectivity index (χ0) is 20.6. The van der Waals surface area contributed by atoms with Gasteiger partial charge in [0.15, 0.2) is 0 Å². The van der Waals surface area contributed by atoms with Gasteiger partial charge in [0.05, 0.1) is 12.2 Å². The maximum absolute atomic E-state index is 13.0. The first-order valence-electron chi connectivity index (χ1n) is 10.3. The van der Waals surface area contributed by atoms with Crippen LogP contribution >= 0.6 is 0 Å². The minimum absolute atomic E-state index is 0.0153. The molecule has 2 amide bonds. The number of nitrogens with one attached hydrogen (secondary N) is 1. The zero-order valence-electron chi connectivity index (χ0n) is 17.2. The average Bonchev–Trinajstić information content (AvgIpc) is 2.69. The van der Waals surface area contributed by atoms with E-state index in [-0.39, 0.29) is 18.2 Å². The van der Waals surface area contributed by atoms with Gasteiger partial charge in [0.1, 0.15) is 0 Å². The minimum atomic E-state index is -0.0153. The highest BCUT2D eigenvalue weighted by Gasteiger charge is 2.20. The van der Waals surface area contributed by atoms with Gasteiger partial charge in [0, 0.05) is 30.5 Å². The number of fused-ring (bicyclic) bond motifs is 2. The van der Waals surface area contributed by atoms with Crippen LogP contribution in [0, 0.1) is 17.8 Å². The lowest BCUT2D eigenvalue weighted by molar-refractivity contribution is -0.121. The summed E-state index contributed by atoms with van der Waals surface area (Å²) in [5, 5.41) is 2.88. The van der Waals surface area contributed by atoms with Crippen LogP contribution in [-0.2, 0) is 16.1 Å². The fraction of sp³-hybridized carbons (Fsp3) is 0.360. The molecule has 0 fully saturated rings. The van der Waals surface area contributed by atoms with Gasteiger partial charge in [0.25, 0.3) is 0 Å².